The van der Waals surface area contributed by atoms with Crippen LogP contribution < -0.4 is 21.3 Å². The molecule has 1 heterocycles. The minimum absolute atomic E-state index is 0.0883. The highest BCUT2D eigenvalue weighted by molar-refractivity contribution is 6.08. The standard InChI is InChI=1S/C27H29N5O4/c1-3-28-27(35)32-24-15-23(30-18-8-6-5-7-9-18)22(16-29-24)25(33)31-19-12-10-17(11-13-19)20-14-21(20)26(34)36-4-2/h5-13,15-16,20-21H,3-4,14H2,1-2H3,(H,31,33)(H3,28,29,30,32,35)/t20-,21+/m0/s1. The number of hydrogen-bond donors (Lipinski definition) is 4. The molecule has 3 amide bonds. The van der Waals surface area contributed by atoms with Gasteiger partial charge in [-0.1, -0.05) is 30.3 Å². The molecule has 1 aromatic heterocycles. The first kappa shape index (κ1) is 24.7. The summed E-state index contributed by atoms with van der Waals surface area (Å²) in [6.45, 7) is 4.48. The molecular weight excluding hydrogens is 458 g/mol. The molecule has 0 bridgehead atoms. The highest BCUT2D eigenvalue weighted by Gasteiger charge is 2.45. The maximum atomic E-state index is 13.2. The second kappa shape index (κ2) is 11.4. The summed E-state index contributed by atoms with van der Waals surface area (Å²) in [5, 5.41) is 11.4. The molecule has 1 fully saturated rings. The first-order valence-corrected chi connectivity index (χ1v) is 11.9. The van der Waals surface area contributed by atoms with E-state index in [1.165, 1.54) is 6.20 Å². The average Bonchev–Trinajstić information content (AvgIpc) is 3.67. The van der Waals surface area contributed by atoms with Crippen molar-refractivity contribution in [3.8, 4) is 0 Å². The van der Waals surface area contributed by atoms with Gasteiger partial charge >= 0.3 is 12.0 Å². The number of carbonyl (C=O) groups excluding carboxylic acids is 3. The summed E-state index contributed by atoms with van der Waals surface area (Å²) in [5.41, 5.74) is 3.25. The van der Waals surface area contributed by atoms with Crippen molar-refractivity contribution in [2.24, 2.45) is 5.92 Å². The van der Waals surface area contributed by atoms with Crippen molar-refractivity contribution in [2.45, 2.75) is 26.2 Å². The lowest BCUT2D eigenvalue weighted by atomic mass is 10.1. The van der Waals surface area contributed by atoms with Crippen molar-refractivity contribution in [1.29, 1.82) is 0 Å². The number of amides is 3. The van der Waals surface area contributed by atoms with E-state index in [9.17, 15) is 14.4 Å². The van der Waals surface area contributed by atoms with Gasteiger partial charge in [0, 0.05) is 30.2 Å². The highest BCUT2D eigenvalue weighted by atomic mass is 16.5. The highest BCUT2D eigenvalue weighted by Crippen LogP contribution is 2.48. The van der Waals surface area contributed by atoms with E-state index in [0.29, 0.717) is 35.9 Å². The van der Waals surface area contributed by atoms with Gasteiger partial charge < -0.3 is 20.7 Å². The second-order valence-electron chi connectivity index (χ2n) is 8.37. The molecule has 0 spiro atoms. The fourth-order valence-corrected chi connectivity index (χ4v) is 3.89. The summed E-state index contributed by atoms with van der Waals surface area (Å²) in [4.78, 5) is 41.2. The normalized spacial score (nSPS) is 15.9. The Morgan fingerprint density at radius 3 is 2.42 bits per heavy atom. The van der Waals surface area contributed by atoms with Crippen LogP contribution in [-0.2, 0) is 9.53 Å². The fourth-order valence-electron chi connectivity index (χ4n) is 3.89. The predicted octanol–water partition coefficient (Wildman–Crippen LogP) is 4.89. The SMILES string of the molecule is CCNC(=O)Nc1cc(Nc2ccccc2)c(C(=O)Nc2ccc([C@@H]3C[C@H]3C(=O)OCC)cc2)cn1. The van der Waals surface area contributed by atoms with E-state index in [-0.39, 0.29) is 29.7 Å². The van der Waals surface area contributed by atoms with Gasteiger partial charge in [0.05, 0.1) is 23.8 Å². The van der Waals surface area contributed by atoms with Crippen LogP contribution in [0.1, 0.15) is 42.1 Å². The quantitative estimate of drug-likeness (QED) is 0.319. The van der Waals surface area contributed by atoms with Crippen LogP contribution >= 0.6 is 0 Å². The molecule has 36 heavy (non-hydrogen) atoms. The number of esters is 1. The number of carbonyl (C=O) groups is 3. The number of nitrogens with zero attached hydrogens (tertiary/aromatic N) is 1. The molecule has 4 rings (SSSR count). The first-order chi connectivity index (χ1) is 17.5. The number of pyridine rings is 1. The second-order valence-corrected chi connectivity index (χ2v) is 8.37. The van der Waals surface area contributed by atoms with Crippen LogP contribution in [0.5, 0.6) is 0 Å². The van der Waals surface area contributed by atoms with E-state index in [1.807, 2.05) is 61.5 Å². The van der Waals surface area contributed by atoms with Gasteiger partial charge in [0.2, 0.25) is 0 Å². The van der Waals surface area contributed by atoms with Crippen LogP contribution in [0.2, 0.25) is 0 Å². The van der Waals surface area contributed by atoms with Crippen LogP contribution in [0, 0.1) is 5.92 Å². The lowest BCUT2D eigenvalue weighted by molar-refractivity contribution is -0.144. The van der Waals surface area contributed by atoms with Crippen molar-refractivity contribution < 1.29 is 19.1 Å². The molecule has 1 aliphatic carbocycles. The molecule has 3 aromatic rings. The van der Waals surface area contributed by atoms with Gasteiger partial charge in [0.1, 0.15) is 5.82 Å². The van der Waals surface area contributed by atoms with Crippen LogP contribution in [0.25, 0.3) is 0 Å². The Bertz CT molecular complexity index is 1230. The van der Waals surface area contributed by atoms with Gasteiger partial charge in [-0.2, -0.15) is 0 Å². The van der Waals surface area contributed by atoms with E-state index in [0.717, 1.165) is 17.7 Å². The van der Waals surface area contributed by atoms with E-state index >= 15 is 0 Å². The Morgan fingerprint density at radius 2 is 1.72 bits per heavy atom. The molecule has 2 aromatic carbocycles. The summed E-state index contributed by atoms with van der Waals surface area (Å²) in [7, 11) is 0. The molecule has 0 radical (unpaired) electrons. The average molecular weight is 488 g/mol. The van der Waals surface area contributed by atoms with E-state index < -0.39 is 0 Å². The van der Waals surface area contributed by atoms with Gasteiger partial charge in [-0.05, 0) is 56.0 Å². The minimum atomic E-state index is -0.381. The van der Waals surface area contributed by atoms with Crippen LogP contribution in [-0.4, -0.2) is 36.0 Å². The summed E-state index contributed by atoms with van der Waals surface area (Å²) in [6, 6.07) is 18.1. The number of ether oxygens (including phenoxy) is 1. The first-order valence-electron chi connectivity index (χ1n) is 11.9. The Kier molecular flexibility index (Phi) is 7.79. The maximum absolute atomic E-state index is 13.2. The van der Waals surface area contributed by atoms with Crippen molar-refractivity contribution in [3.63, 3.8) is 0 Å². The maximum Gasteiger partial charge on any atom is 0.320 e. The van der Waals surface area contributed by atoms with E-state index in [2.05, 4.69) is 26.3 Å². The number of anilines is 4. The largest absolute Gasteiger partial charge is 0.466 e. The monoisotopic (exact) mass is 487 g/mol. The lowest BCUT2D eigenvalue weighted by Gasteiger charge is -2.14. The molecule has 1 saturated carbocycles. The van der Waals surface area contributed by atoms with Gasteiger partial charge in [-0.25, -0.2) is 9.78 Å². The predicted molar refractivity (Wildman–Crippen MR) is 139 cm³/mol. The Morgan fingerprint density at radius 1 is 0.972 bits per heavy atom. The van der Waals surface area contributed by atoms with Crippen LogP contribution in [0.15, 0.2) is 66.9 Å². The van der Waals surface area contributed by atoms with Crippen molar-refractivity contribution in [3.05, 3.63) is 78.0 Å². The Balaban J connectivity index is 1.48. The van der Waals surface area contributed by atoms with Crippen LogP contribution in [0.3, 0.4) is 0 Å². The lowest BCUT2D eigenvalue weighted by Crippen LogP contribution is -2.28. The zero-order valence-electron chi connectivity index (χ0n) is 20.2. The smallest absolute Gasteiger partial charge is 0.320 e. The van der Waals surface area contributed by atoms with E-state index in [4.69, 9.17) is 4.74 Å². The summed E-state index contributed by atoms with van der Waals surface area (Å²) < 4.78 is 5.10. The molecule has 9 nitrogen and oxygen atoms in total. The molecule has 186 valence electrons. The van der Waals surface area contributed by atoms with Gasteiger partial charge in [0.15, 0.2) is 0 Å². The molecule has 2 atom stereocenters. The molecule has 0 saturated heterocycles. The zero-order valence-corrected chi connectivity index (χ0v) is 20.2. The Labute approximate surface area is 209 Å². The molecular formula is C27H29N5O4. The topological polar surface area (TPSA) is 121 Å². The number of aromatic nitrogens is 1. The summed E-state index contributed by atoms with van der Waals surface area (Å²) in [5.74, 6) is -0.134. The Hall–Kier alpha value is -4.40. The van der Waals surface area contributed by atoms with Gasteiger partial charge in [-0.15, -0.1) is 0 Å². The third kappa shape index (κ3) is 6.18. The van der Waals surface area contributed by atoms with E-state index in [1.54, 1.807) is 13.0 Å². The van der Waals surface area contributed by atoms with Crippen molar-refractivity contribution in [1.82, 2.24) is 10.3 Å². The number of rotatable bonds is 9. The van der Waals surface area contributed by atoms with Crippen LogP contribution in [0.4, 0.5) is 27.7 Å². The summed E-state index contributed by atoms with van der Waals surface area (Å²) >= 11 is 0. The molecule has 9 heteroatoms. The third-order valence-corrected chi connectivity index (χ3v) is 5.76. The molecule has 4 N–H and O–H groups in total. The molecule has 0 aliphatic heterocycles. The summed E-state index contributed by atoms with van der Waals surface area (Å²) in [6.07, 6.45) is 2.20. The number of nitrogens with one attached hydrogen (secondary N) is 4. The minimum Gasteiger partial charge on any atom is -0.466 e. The van der Waals surface area contributed by atoms with Crippen molar-refractivity contribution in [2.75, 3.05) is 29.1 Å². The third-order valence-electron chi connectivity index (χ3n) is 5.76. The number of hydrogen-bond acceptors (Lipinski definition) is 6. The fraction of sp³-hybridized carbons (Fsp3) is 0.259. The molecule has 0 unspecified atom stereocenters. The number of para-hydroxylation sites is 1. The number of benzene rings is 2. The number of urea groups is 1. The van der Waals surface area contributed by atoms with Gasteiger partial charge in [-0.3, -0.25) is 14.9 Å². The zero-order chi connectivity index (χ0) is 25.5. The molecule has 1 aliphatic rings. The van der Waals surface area contributed by atoms with Gasteiger partial charge in [0.25, 0.3) is 5.91 Å². The van der Waals surface area contributed by atoms with Crippen molar-refractivity contribution >= 4 is 40.8 Å².